The number of halogens is 1. The summed E-state index contributed by atoms with van der Waals surface area (Å²) in [5, 5.41) is 3.45. The molecule has 0 radical (unpaired) electrons. The second-order valence-electron chi connectivity index (χ2n) is 4.09. The Labute approximate surface area is 85.8 Å². The molecule has 1 aliphatic heterocycles. The zero-order chi connectivity index (χ0) is 8.89. The standard InChI is InChI=1S/C10H12BrNO/c11-9-5-7-8(13-9)1-2-10(7)3-4-12-6-10/h5,12H,1-4,6H2. The van der Waals surface area contributed by atoms with Crippen LogP contribution in [0.15, 0.2) is 15.2 Å². The third kappa shape index (κ3) is 1.03. The van der Waals surface area contributed by atoms with E-state index in [1.165, 1.54) is 24.2 Å². The second kappa shape index (κ2) is 2.61. The molecule has 2 nitrogen and oxygen atoms in total. The van der Waals surface area contributed by atoms with Crippen LogP contribution in [0.25, 0.3) is 0 Å². The van der Waals surface area contributed by atoms with Crippen molar-refractivity contribution in [3.05, 3.63) is 22.1 Å². The summed E-state index contributed by atoms with van der Waals surface area (Å²) in [4.78, 5) is 0. The van der Waals surface area contributed by atoms with E-state index < -0.39 is 0 Å². The van der Waals surface area contributed by atoms with E-state index in [0.29, 0.717) is 5.41 Å². The monoisotopic (exact) mass is 241 g/mol. The van der Waals surface area contributed by atoms with Crippen LogP contribution in [-0.4, -0.2) is 13.1 Å². The molecule has 2 heterocycles. The topological polar surface area (TPSA) is 25.2 Å². The molecule has 1 saturated heterocycles. The zero-order valence-corrected chi connectivity index (χ0v) is 8.99. The van der Waals surface area contributed by atoms with Crippen LogP contribution in [0.5, 0.6) is 0 Å². The number of hydrogen-bond acceptors (Lipinski definition) is 2. The van der Waals surface area contributed by atoms with E-state index in [2.05, 4.69) is 27.3 Å². The molecule has 0 bridgehead atoms. The Morgan fingerprint density at radius 3 is 3.15 bits per heavy atom. The average molecular weight is 242 g/mol. The van der Waals surface area contributed by atoms with Crippen molar-refractivity contribution < 1.29 is 4.42 Å². The van der Waals surface area contributed by atoms with Gasteiger partial charge in [-0.25, -0.2) is 0 Å². The Morgan fingerprint density at radius 2 is 2.38 bits per heavy atom. The lowest BCUT2D eigenvalue weighted by Gasteiger charge is -2.21. The first-order chi connectivity index (χ1) is 6.30. The fraction of sp³-hybridized carbons (Fsp3) is 0.600. The lowest BCUT2D eigenvalue weighted by molar-refractivity contribution is 0.457. The van der Waals surface area contributed by atoms with Gasteiger partial charge in [0, 0.05) is 23.9 Å². The zero-order valence-electron chi connectivity index (χ0n) is 7.40. The van der Waals surface area contributed by atoms with E-state index in [9.17, 15) is 0 Å². The Bertz CT molecular complexity index is 339. The molecule has 1 aliphatic carbocycles. The third-order valence-electron chi connectivity index (χ3n) is 3.42. The first-order valence-electron chi connectivity index (χ1n) is 4.80. The highest BCUT2D eigenvalue weighted by atomic mass is 79.9. The highest BCUT2D eigenvalue weighted by molar-refractivity contribution is 9.10. The van der Waals surface area contributed by atoms with Gasteiger partial charge < -0.3 is 9.73 Å². The maximum absolute atomic E-state index is 5.60. The molecule has 2 aliphatic rings. The Morgan fingerprint density at radius 1 is 1.46 bits per heavy atom. The van der Waals surface area contributed by atoms with Crippen LogP contribution in [0.3, 0.4) is 0 Å². The maximum Gasteiger partial charge on any atom is 0.169 e. The lowest BCUT2D eigenvalue weighted by Crippen LogP contribution is -2.25. The number of nitrogens with one attached hydrogen (secondary N) is 1. The molecule has 1 aromatic heterocycles. The summed E-state index contributed by atoms with van der Waals surface area (Å²) in [6, 6.07) is 2.16. The Hall–Kier alpha value is -0.280. The molecule has 0 aromatic carbocycles. The van der Waals surface area contributed by atoms with Crippen molar-refractivity contribution in [3.8, 4) is 0 Å². The maximum atomic E-state index is 5.60. The van der Waals surface area contributed by atoms with E-state index >= 15 is 0 Å². The molecule has 1 N–H and O–H groups in total. The smallest absolute Gasteiger partial charge is 0.169 e. The normalized spacial score (nSPS) is 31.5. The van der Waals surface area contributed by atoms with Crippen LogP contribution in [-0.2, 0) is 11.8 Å². The summed E-state index contributed by atoms with van der Waals surface area (Å²) in [7, 11) is 0. The van der Waals surface area contributed by atoms with E-state index in [1.807, 2.05) is 0 Å². The molecule has 1 aromatic rings. The minimum Gasteiger partial charge on any atom is -0.454 e. The van der Waals surface area contributed by atoms with Gasteiger partial charge in [-0.15, -0.1) is 0 Å². The predicted molar refractivity (Wildman–Crippen MR) is 53.9 cm³/mol. The third-order valence-corrected chi connectivity index (χ3v) is 3.82. The molecule has 13 heavy (non-hydrogen) atoms. The second-order valence-corrected chi connectivity index (χ2v) is 4.88. The summed E-state index contributed by atoms with van der Waals surface area (Å²) in [5.74, 6) is 1.20. The van der Waals surface area contributed by atoms with Gasteiger partial charge in [-0.05, 0) is 41.4 Å². The van der Waals surface area contributed by atoms with Gasteiger partial charge >= 0.3 is 0 Å². The van der Waals surface area contributed by atoms with Crippen molar-refractivity contribution in [1.82, 2.24) is 5.32 Å². The van der Waals surface area contributed by atoms with Crippen LogP contribution < -0.4 is 5.32 Å². The van der Waals surface area contributed by atoms with Gasteiger partial charge in [-0.3, -0.25) is 0 Å². The molecule has 3 heteroatoms. The highest BCUT2D eigenvalue weighted by Crippen LogP contribution is 2.45. The Balaban J connectivity index is 2.09. The van der Waals surface area contributed by atoms with Crippen molar-refractivity contribution in [2.45, 2.75) is 24.7 Å². The van der Waals surface area contributed by atoms with Gasteiger partial charge in [0.15, 0.2) is 4.67 Å². The lowest BCUT2D eigenvalue weighted by atomic mass is 9.82. The van der Waals surface area contributed by atoms with Crippen LogP contribution in [0.2, 0.25) is 0 Å². The van der Waals surface area contributed by atoms with Crippen LogP contribution in [0.1, 0.15) is 24.2 Å². The molecular weight excluding hydrogens is 230 g/mol. The van der Waals surface area contributed by atoms with Crippen LogP contribution in [0.4, 0.5) is 0 Å². The average Bonchev–Trinajstić information content (AvgIpc) is 2.73. The molecule has 3 rings (SSSR count). The SMILES string of the molecule is Brc1cc2c(o1)CCC21CCNC1. The van der Waals surface area contributed by atoms with Crippen molar-refractivity contribution in [1.29, 1.82) is 0 Å². The van der Waals surface area contributed by atoms with Gasteiger partial charge in [0.1, 0.15) is 5.76 Å². The Kier molecular flexibility index (Phi) is 1.62. The number of rotatable bonds is 0. The minimum atomic E-state index is 0.408. The molecular formula is C10H12BrNO. The van der Waals surface area contributed by atoms with E-state index in [4.69, 9.17) is 4.42 Å². The summed E-state index contributed by atoms with van der Waals surface area (Å²) in [6.45, 7) is 2.29. The molecule has 0 amide bonds. The van der Waals surface area contributed by atoms with Crippen LogP contribution in [0, 0.1) is 0 Å². The molecule has 70 valence electrons. The number of hydrogen-bond donors (Lipinski definition) is 1. The fourth-order valence-electron chi connectivity index (χ4n) is 2.71. The van der Waals surface area contributed by atoms with E-state index in [1.54, 1.807) is 0 Å². The van der Waals surface area contributed by atoms with Gasteiger partial charge in [-0.2, -0.15) is 0 Å². The first-order valence-corrected chi connectivity index (χ1v) is 5.59. The largest absolute Gasteiger partial charge is 0.454 e. The van der Waals surface area contributed by atoms with Gasteiger partial charge in [-0.1, -0.05) is 0 Å². The van der Waals surface area contributed by atoms with E-state index in [-0.39, 0.29) is 0 Å². The molecule has 1 fully saturated rings. The van der Waals surface area contributed by atoms with Crippen molar-refractivity contribution in [2.24, 2.45) is 0 Å². The summed E-state index contributed by atoms with van der Waals surface area (Å²) in [6.07, 6.45) is 3.65. The molecule has 1 atom stereocenters. The van der Waals surface area contributed by atoms with Crippen LogP contribution >= 0.6 is 15.9 Å². The fourth-order valence-corrected chi connectivity index (χ4v) is 3.13. The van der Waals surface area contributed by atoms with Crippen molar-refractivity contribution in [2.75, 3.05) is 13.1 Å². The first kappa shape index (κ1) is 8.06. The number of fused-ring (bicyclic) bond motifs is 2. The highest BCUT2D eigenvalue weighted by Gasteiger charge is 2.43. The van der Waals surface area contributed by atoms with Crippen molar-refractivity contribution >= 4 is 15.9 Å². The molecule has 1 spiro atoms. The minimum absolute atomic E-state index is 0.408. The van der Waals surface area contributed by atoms with Gasteiger partial charge in [0.2, 0.25) is 0 Å². The quantitative estimate of drug-likeness (QED) is 0.754. The number of furan rings is 1. The summed E-state index contributed by atoms with van der Waals surface area (Å²) < 4.78 is 6.49. The molecule has 1 unspecified atom stereocenters. The van der Waals surface area contributed by atoms with E-state index in [0.717, 1.165) is 24.2 Å². The summed E-state index contributed by atoms with van der Waals surface area (Å²) in [5.41, 5.74) is 1.86. The van der Waals surface area contributed by atoms with Crippen molar-refractivity contribution in [3.63, 3.8) is 0 Å². The summed E-state index contributed by atoms with van der Waals surface area (Å²) >= 11 is 3.40. The molecule has 0 saturated carbocycles. The number of aryl methyl sites for hydroxylation is 1. The van der Waals surface area contributed by atoms with Gasteiger partial charge in [0.25, 0.3) is 0 Å². The van der Waals surface area contributed by atoms with Gasteiger partial charge in [0.05, 0.1) is 0 Å². The predicted octanol–water partition coefficient (Wildman–Crippen LogP) is 2.22.